The Morgan fingerprint density at radius 3 is 2.78 bits per heavy atom. The Morgan fingerprint density at radius 2 is 2.17 bits per heavy atom. The van der Waals surface area contributed by atoms with Gasteiger partial charge in [0.2, 0.25) is 0 Å². The van der Waals surface area contributed by atoms with Crippen LogP contribution in [0.3, 0.4) is 0 Å². The van der Waals surface area contributed by atoms with Crippen molar-refractivity contribution in [2.45, 2.75) is 45.4 Å². The first-order valence-electron chi connectivity index (χ1n) is 8.09. The smallest absolute Gasteiger partial charge is 0.341 e. The van der Waals surface area contributed by atoms with E-state index in [9.17, 15) is 14.9 Å². The minimum atomic E-state index is -0.938. The van der Waals surface area contributed by atoms with Gasteiger partial charge in [0.15, 0.2) is 5.78 Å². The predicted molar refractivity (Wildman–Crippen MR) is 87.3 cm³/mol. The van der Waals surface area contributed by atoms with Crippen LogP contribution in [0.2, 0.25) is 0 Å². The normalized spacial score (nSPS) is 24.3. The molecule has 1 aromatic heterocycles. The fourth-order valence-corrected chi connectivity index (χ4v) is 5.11. The van der Waals surface area contributed by atoms with Gasteiger partial charge in [-0.15, -0.1) is 11.3 Å². The highest BCUT2D eigenvalue weighted by Gasteiger charge is 2.51. The maximum Gasteiger partial charge on any atom is 0.341 e. The van der Waals surface area contributed by atoms with E-state index in [1.807, 2.05) is 0 Å². The summed E-state index contributed by atoms with van der Waals surface area (Å²) in [4.78, 5) is 25.7. The summed E-state index contributed by atoms with van der Waals surface area (Å²) >= 11 is 1.13. The first kappa shape index (κ1) is 16.0. The van der Waals surface area contributed by atoms with Crippen LogP contribution < -0.4 is 5.73 Å². The van der Waals surface area contributed by atoms with E-state index in [0.717, 1.165) is 37.0 Å². The molecule has 0 spiro atoms. The Balaban J connectivity index is 2.03. The number of thiophene rings is 1. The molecular formula is C17H20N2O3S. The molecule has 2 aliphatic carbocycles. The topological polar surface area (TPSA) is 93.2 Å². The van der Waals surface area contributed by atoms with Gasteiger partial charge in [-0.25, -0.2) is 4.79 Å². The van der Waals surface area contributed by atoms with Crippen molar-refractivity contribution in [3.8, 4) is 6.07 Å². The van der Waals surface area contributed by atoms with Crippen LogP contribution in [0.5, 0.6) is 0 Å². The Morgan fingerprint density at radius 1 is 1.48 bits per heavy atom. The van der Waals surface area contributed by atoms with Crippen LogP contribution in [0.15, 0.2) is 0 Å². The maximum atomic E-state index is 13.1. The molecule has 1 atom stereocenters. The number of anilines is 1. The lowest BCUT2D eigenvalue weighted by molar-refractivity contribution is 0.0526. The summed E-state index contributed by atoms with van der Waals surface area (Å²) in [6.07, 6.45) is 5.03. The lowest BCUT2D eigenvalue weighted by atomic mass is 9.65. The van der Waals surface area contributed by atoms with Gasteiger partial charge in [-0.1, -0.05) is 12.8 Å². The van der Waals surface area contributed by atoms with Crippen molar-refractivity contribution in [1.29, 1.82) is 5.26 Å². The third kappa shape index (κ3) is 2.34. The average Bonchev–Trinajstić information content (AvgIpc) is 3.16. The number of hydrogen-bond donors (Lipinski definition) is 1. The minimum absolute atomic E-state index is 0.127. The van der Waals surface area contributed by atoms with Crippen molar-refractivity contribution in [3.05, 3.63) is 16.0 Å². The molecule has 0 aromatic carbocycles. The highest BCUT2D eigenvalue weighted by Crippen LogP contribution is 2.50. The number of nitrogens with two attached hydrogens (primary N) is 1. The first-order chi connectivity index (χ1) is 11.0. The summed E-state index contributed by atoms with van der Waals surface area (Å²) in [5.74, 6) is -0.483. The summed E-state index contributed by atoms with van der Waals surface area (Å²) < 4.78 is 5.06. The second-order valence-corrected chi connectivity index (χ2v) is 7.32. The highest BCUT2D eigenvalue weighted by atomic mass is 32.1. The number of nitrogens with zero attached hydrogens (tertiary/aromatic N) is 1. The van der Waals surface area contributed by atoms with Gasteiger partial charge in [-0.2, -0.15) is 5.26 Å². The number of carbonyl (C=O) groups is 2. The number of nitriles is 1. The molecule has 2 N–H and O–H groups in total. The lowest BCUT2D eigenvalue weighted by Crippen LogP contribution is -2.40. The molecule has 0 saturated heterocycles. The summed E-state index contributed by atoms with van der Waals surface area (Å²) in [5, 5.41) is 10.1. The minimum Gasteiger partial charge on any atom is -0.462 e. The van der Waals surface area contributed by atoms with Crippen LogP contribution in [0, 0.1) is 22.7 Å². The average molecular weight is 332 g/mol. The van der Waals surface area contributed by atoms with Crippen LogP contribution in [0.4, 0.5) is 5.00 Å². The van der Waals surface area contributed by atoms with Gasteiger partial charge in [-0.3, -0.25) is 4.79 Å². The van der Waals surface area contributed by atoms with Crippen molar-refractivity contribution in [2.24, 2.45) is 11.3 Å². The molecule has 0 aliphatic heterocycles. The second kappa shape index (κ2) is 5.97. The molecule has 0 radical (unpaired) electrons. The standard InChI is InChI=1S/C17H20N2O3S/c1-2-22-16(21)12-11-7-8-17(9-18,10-5-3-4-6-10)14(20)13(11)23-15(12)19/h10H,2-8,19H2,1H3. The largest absolute Gasteiger partial charge is 0.462 e. The van der Waals surface area contributed by atoms with Gasteiger partial charge in [0.05, 0.1) is 23.1 Å². The second-order valence-electron chi connectivity index (χ2n) is 6.26. The number of Topliss-reactive ketones (excluding diaryl/α,β-unsaturated/α-hetero) is 1. The fourth-order valence-electron chi connectivity index (χ4n) is 3.98. The van der Waals surface area contributed by atoms with E-state index in [0.29, 0.717) is 33.8 Å². The zero-order valence-corrected chi connectivity index (χ0v) is 14.0. The van der Waals surface area contributed by atoms with E-state index < -0.39 is 11.4 Å². The van der Waals surface area contributed by atoms with Crippen LogP contribution in [0.1, 0.15) is 64.6 Å². The Hall–Kier alpha value is -1.87. The van der Waals surface area contributed by atoms with Crippen LogP contribution >= 0.6 is 11.3 Å². The molecule has 6 heteroatoms. The third-order valence-electron chi connectivity index (χ3n) is 5.15. The molecule has 2 aliphatic rings. The highest BCUT2D eigenvalue weighted by molar-refractivity contribution is 7.18. The van der Waals surface area contributed by atoms with Gasteiger partial charge in [0, 0.05) is 0 Å². The van der Waals surface area contributed by atoms with Gasteiger partial charge in [0.1, 0.15) is 10.4 Å². The van der Waals surface area contributed by atoms with Crippen LogP contribution in [0.25, 0.3) is 0 Å². The summed E-state index contributed by atoms with van der Waals surface area (Å²) in [7, 11) is 0. The van der Waals surface area contributed by atoms with Gasteiger partial charge in [0.25, 0.3) is 0 Å². The van der Waals surface area contributed by atoms with Crippen molar-refractivity contribution < 1.29 is 14.3 Å². The fraction of sp³-hybridized carbons (Fsp3) is 0.588. The lowest BCUT2D eigenvalue weighted by Gasteiger charge is -2.34. The molecule has 1 aromatic rings. The molecule has 1 fully saturated rings. The molecule has 5 nitrogen and oxygen atoms in total. The van der Waals surface area contributed by atoms with Crippen LogP contribution in [-0.2, 0) is 11.2 Å². The predicted octanol–water partition coefficient (Wildman–Crippen LogP) is 3.34. The van der Waals surface area contributed by atoms with E-state index in [2.05, 4.69) is 6.07 Å². The number of rotatable bonds is 3. The van der Waals surface area contributed by atoms with E-state index in [4.69, 9.17) is 10.5 Å². The van der Waals surface area contributed by atoms with Gasteiger partial charge < -0.3 is 10.5 Å². The number of ketones is 1. The number of fused-ring (bicyclic) bond motifs is 1. The van der Waals surface area contributed by atoms with E-state index in [1.54, 1.807) is 6.92 Å². The molecular weight excluding hydrogens is 312 g/mol. The number of esters is 1. The van der Waals surface area contributed by atoms with Gasteiger partial charge in [-0.05, 0) is 44.1 Å². The summed E-state index contributed by atoms with van der Waals surface area (Å²) in [5.41, 5.74) is 6.05. The summed E-state index contributed by atoms with van der Waals surface area (Å²) in [6, 6.07) is 2.33. The van der Waals surface area contributed by atoms with Crippen molar-refractivity contribution in [2.75, 3.05) is 12.3 Å². The molecule has 1 unspecified atom stereocenters. The number of carbonyl (C=O) groups excluding carboxylic acids is 2. The zero-order chi connectivity index (χ0) is 16.6. The number of nitrogen functional groups attached to an aromatic ring is 1. The van der Waals surface area contributed by atoms with Crippen molar-refractivity contribution in [3.63, 3.8) is 0 Å². The molecule has 0 bridgehead atoms. The van der Waals surface area contributed by atoms with E-state index in [-0.39, 0.29) is 18.3 Å². The van der Waals surface area contributed by atoms with Gasteiger partial charge >= 0.3 is 5.97 Å². The van der Waals surface area contributed by atoms with Crippen molar-refractivity contribution in [1.82, 2.24) is 0 Å². The molecule has 122 valence electrons. The maximum absolute atomic E-state index is 13.1. The number of ether oxygens (including phenoxy) is 1. The SMILES string of the molecule is CCOC(=O)c1c(N)sc2c1CCC(C#N)(C1CCCC1)C2=O. The zero-order valence-electron chi connectivity index (χ0n) is 13.2. The Kier molecular flexibility index (Phi) is 4.15. The third-order valence-corrected chi connectivity index (χ3v) is 6.21. The molecule has 1 heterocycles. The van der Waals surface area contributed by atoms with Crippen LogP contribution in [-0.4, -0.2) is 18.4 Å². The van der Waals surface area contributed by atoms with E-state index >= 15 is 0 Å². The Bertz CT molecular complexity index is 697. The Labute approximate surface area is 139 Å². The van der Waals surface area contributed by atoms with E-state index in [1.165, 1.54) is 0 Å². The molecule has 0 amide bonds. The summed E-state index contributed by atoms with van der Waals surface area (Å²) in [6.45, 7) is 2.00. The number of hydrogen-bond acceptors (Lipinski definition) is 6. The molecule has 1 saturated carbocycles. The molecule has 3 rings (SSSR count). The quantitative estimate of drug-likeness (QED) is 0.857. The molecule has 23 heavy (non-hydrogen) atoms. The monoisotopic (exact) mass is 332 g/mol. The first-order valence-corrected chi connectivity index (χ1v) is 8.91. The van der Waals surface area contributed by atoms with Crippen molar-refractivity contribution >= 4 is 28.1 Å².